The maximum Gasteiger partial charge on any atom is 0.204 e. The van der Waals surface area contributed by atoms with Gasteiger partial charge in [-0.15, -0.1) is 16.1 Å². The molecule has 0 radical (unpaired) electrons. The fourth-order valence-electron chi connectivity index (χ4n) is 1.17. The van der Waals surface area contributed by atoms with Crippen LogP contribution in [-0.2, 0) is 6.54 Å². The molecule has 1 aromatic heterocycles. The van der Waals surface area contributed by atoms with E-state index in [1.165, 1.54) is 4.80 Å². The molecule has 1 heterocycles. The largest absolute Gasteiger partial charge is 0.204 e. The standard InChI is InChI=1S/C11H9BrN4/c1-2-3-8-16-14-11(13-15-16)9-4-6-10(12)7-5-9/h4-7H,8H2,1H3. The van der Waals surface area contributed by atoms with E-state index in [1.807, 2.05) is 24.3 Å². The van der Waals surface area contributed by atoms with Crippen LogP contribution < -0.4 is 0 Å². The minimum Gasteiger partial charge on any atom is -0.152 e. The topological polar surface area (TPSA) is 43.6 Å². The third-order valence-electron chi connectivity index (χ3n) is 1.95. The van der Waals surface area contributed by atoms with Crippen LogP contribution in [0.25, 0.3) is 11.4 Å². The van der Waals surface area contributed by atoms with Crippen LogP contribution in [0.2, 0.25) is 0 Å². The molecule has 0 bridgehead atoms. The van der Waals surface area contributed by atoms with Gasteiger partial charge in [-0.25, -0.2) is 0 Å². The lowest BCUT2D eigenvalue weighted by molar-refractivity contribution is 0.592. The molecule has 0 atom stereocenters. The highest BCUT2D eigenvalue weighted by atomic mass is 79.9. The van der Waals surface area contributed by atoms with E-state index in [0.717, 1.165) is 10.0 Å². The molecule has 0 aliphatic heterocycles. The Morgan fingerprint density at radius 1 is 1.31 bits per heavy atom. The number of benzene rings is 1. The van der Waals surface area contributed by atoms with Crippen LogP contribution in [-0.4, -0.2) is 20.2 Å². The molecule has 2 rings (SSSR count). The lowest BCUT2D eigenvalue weighted by Gasteiger charge is -1.93. The molecule has 0 saturated heterocycles. The monoisotopic (exact) mass is 276 g/mol. The number of hydrogen-bond acceptors (Lipinski definition) is 3. The predicted molar refractivity (Wildman–Crippen MR) is 64.4 cm³/mol. The Bertz CT molecular complexity index is 533. The lowest BCUT2D eigenvalue weighted by Crippen LogP contribution is -2.00. The normalized spacial score (nSPS) is 9.62. The zero-order valence-corrected chi connectivity index (χ0v) is 10.3. The summed E-state index contributed by atoms with van der Waals surface area (Å²) >= 11 is 3.38. The van der Waals surface area contributed by atoms with Crippen LogP contribution in [0.3, 0.4) is 0 Å². The summed E-state index contributed by atoms with van der Waals surface area (Å²) in [5.41, 5.74) is 0.943. The van der Waals surface area contributed by atoms with E-state index in [2.05, 4.69) is 43.2 Å². The molecule has 5 heteroatoms. The van der Waals surface area contributed by atoms with Gasteiger partial charge >= 0.3 is 0 Å². The number of nitrogens with zero attached hydrogens (tertiary/aromatic N) is 4. The number of aromatic nitrogens is 4. The molecule has 0 amide bonds. The zero-order valence-electron chi connectivity index (χ0n) is 8.68. The van der Waals surface area contributed by atoms with Gasteiger partial charge in [0.2, 0.25) is 5.82 Å². The average Bonchev–Trinajstić information content (AvgIpc) is 2.76. The van der Waals surface area contributed by atoms with E-state index >= 15 is 0 Å². The second kappa shape index (κ2) is 4.90. The van der Waals surface area contributed by atoms with Crippen LogP contribution in [0.1, 0.15) is 6.92 Å². The molecule has 2 aromatic rings. The summed E-state index contributed by atoms with van der Waals surface area (Å²) < 4.78 is 1.03. The Hall–Kier alpha value is -1.67. The Labute approximate surface area is 102 Å². The maximum atomic E-state index is 4.22. The highest BCUT2D eigenvalue weighted by Crippen LogP contribution is 2.17. The number of hydrogen-bond donors (Lipinski definition) is 0. The summed E-state index contributed by atoms with van der Waals surface area (Å²) in [6.45, 7) is 2.26. The van der Waals surface area contributed by atoms with E-state index < -0.39 is 0 Å². The first kappa shape index (κ1) is 10.8. The van der Waals surface area contributed by atoms with Gasteiger partial charge in [0.15, 0.2) is 0 Å². The maximum absolute atomic E-state index is 4.22. The summed E-state index contributed by atoms with van der Waals surface area (Å²) in [6.07, 6.45) is 0. The van der Waals surface area contributed by atoms with Crippen LogP contribution in [0.4, 0.5) is 0 Å². The molecule has 0 saturated carbocycles. The Kier molecular flexibility index (Phi) is 3.32. The van der Waals surface area contributed by atoms with Crippen molar-refractivity contribution in [3.8, 4) is 23.2 Å². The van der Waals surface area contributed by atoms with Gasteiger partial charge in [-0.05, 0) is 36.4 Å². The number of halogens is 1. The van der Waals surface area contributed by atoms with Crippen LogP contribution >= 0.6 is 15.9 Å². The van der Waals surface area contributed by atoms with Crippen LogP contribution in [0.5, 0.6) is 0 Å². The first-order valence-electron chi connectivity index (χ1n) is 4.73. The van der Waals surface area contributed by atoms with Crippen molar-refractivity contribution in [2.24, 2.45) is 0 Å². The van der Waals surface area contributed by atoms with Gasteiger partial charge in [0.1, 0.15) is 6.54 Å². The van der Waals surface area contributed by atoms with Gasteiger partial charge in [-0.1, -0.05) is 21.9 Å². The van der Waals surface area contributed by atoms with E-state index in [1.54, 1.807) is 6.92 Å². The molecular formula is C11H9BrN4. The second-order valence-electron chi connectivity index (χ2n) is 3.08. The molecule has 80 valence electrons. The second-order valence-corrected chi connectivity index (χ2v) is 3.99. The Balaban J connectivity index is 2.23. The summed E-state index contributed by atoms with van der Waals surface area (Å²) in [5, 5.41) is 12.1. The zero-order chi connectivity index (χ0) is 11.4. The molecule has 1 aromatic carbocycles. The third kappa shape index (κ3) is 2.47. The molecule has 0 fully saturated rings. The van der Waals surface area contributed by atoms with Gasteiger partial charge in [-0.2, -0.15) is 4.80 Å². The van der Waals surface area contributed by atoms with Crippen molar-refractivity contribution in [3.63, 3.8) is 0 Å². The summed E-state index contributed by atoms with van der Waals surface area (Å²) in [6, 6.07) is 7.78. The minimum atomic E-state index is 0.472. The fraction of sp³-hybridized carbons (Fsp3) is 0.182. The Morgan fingerprint density at radius 3 is 2.75 bits per heavy atom. The van der Waals surface area contributed by atoms with E-state index in [4.69, 9.17) is 0 Å². The first-order chi connectivity index (χ1) is 7.79. The lowest BCUT2D eigenvalue weighted by atomic mass is 10.2. The fourth-order valence-corrected chi connectivity index (χ4v) is 1.44. The van der Waals surface area contributed by atoms with Crippen LogP contribution in [0, 0.1) is 11.8 Å². The van der Waals surface area contributed by atoms with Crippen LogP contribution in [0.15, 0.2) is 28.7 Å². The van der Waals surface area contributed by atoms with Crippen molar-refractivity contribution >= 4 is 15.9 Å². The minimum absolute atomic E-state index is 0.472. The van der Waals surface area contributed by atoms with Gasteiger partial charge in [0.05, 0.1) is 0 Å². The summed E-state index contributed by atoms with van der Waals surface area (Å²) in [4.78, 5) is 1.48. The van der Waals surface area contributed by atoms with Crippen molar-refractivity contribution in [2.75, 3.05) is 0 Å². The Morgan fingerprint density at radius 2 is 2.06 bits per heavy atom. The molecule has 0 N–H and O–H groups in total. The smallest absolute Gasteiger partial charge is 0.152 e. The molecule has 4 nitrogen and oxygen atoms in total. The van der Waals surface area contributed by atoms with Gasteiger partial charge in [0, 0.05) is 10.0 Å². The predicted octanol–water partition coefficient (Wildman–Crippen LogP) is 2.13. The van der Waals surface area contributed by atoms with E-state index in [9.17, 15) is 0 Å². The molecule has 0 aliphatic rings. The van der Waals surface area contributed by atoms with Crippen molar-refractivity contribution in [1.82, 2.24) is 20.2 Å². The van der Waals surface area contributed by atoms with E-state index in [0.29, 0.717) is 12.4 Å². The summed E-state index contributed by atoms with van der Waals surface area (Å²) in [7, 11) is 0. The molecule has 0 spiro atoms. The first-order valence-corrected chi connectivity index (χ1v) is 5.52. The van der Waals surface area contributed by atoms with Gasteiger partial charge in [0.25, 0.3) is 0 Å². The molecule has 0 aliphatic carbocycles. The molecule has 0 unspecified atom stereocenters. The SMILES string of the molecule is CC#CCn1nnc(-c2ccc(Br)cc2)n1. The number of rotatable bonds is 2. The average molecular weight is 277 g/mol. The molecular weight excluding hydrogens is 268 g/mol. The van der Waals surface area contributed by atoms with Gasteiger partial charge in [-0.3, -0.25) is 0 Å². The molecule has 16 heavy (non-hydrogen) atoms. The summed E-state index contributed by atoms with van der Waals surface area (Å²) in [5.74, 6) is 6.28. The van der Waals surface area contributed by atoms with Gasteiger partial charge < -0.3 is 0 Å². The highest BCUT2D eigenvalue weighted by Gasteiger charge is 2.04. The van der Waals surface area contributed by atoms with Crippen molar-refractivity contribution in [3.05, 3.63) is 28.7 Å². The number of tetrazole rings is 1. The van der Waals surface area contributed by atoms with Crippen molar-refractivity contribution in [2.45, 2.75) is 13.5 Å². The third-order valence-corrected chi connectivity index (χ3v) is 2.48. The van der Waals surface area contributed by atoms with Crippen molar-refractivity contribution in [1.29, 1.82) is 0 Å². The van der Waals surface area contributed by atoms with Crippen molar-refractivity contribution < 1.29 is 0 Å². The van der Waals surface area contributed by atoms with E-state index in [-0.39, 0.29) is 0 Å². The quantitative estimate of drug-likeness (QED) is 0.790. The highest BCUT2D eigenvalue weighted by molar-refractivity contribution is 9.10.